The van der Waals surface area contributed by atoms with Gasteiger partial charge in [-0.15, -0.1) is 5.10 Å². The molecule has 5 nitrogen and oxygen atoms in total. The summed E-state index contributed by atoms with van der Waals surface area (Å²) < 4.78 is 7.45. The first kappa shape index (κ1) is 11.8. The normalized spacial score (nSPS) is 11.1. The minimum atomic E-state index is 0.714. The lowest BCUT2D eigenvalue weighted by molar-refractivity contribution is 0.318. The van der Waals surface area contributed by atoms with Gasteiger partial charge in [-0.05, 0) is 25.5 Å². The molecule has 98 valence electrons. The number of aromatic nitrogens is 4. The number of hydrogen-bond acceptors (Lipinski definition) is 3. The molecule has 1 aromatic carbocycles. The van der Waals surface area contributed by atoms with Crippen molar-refractivity contribution >= 4 is 5.65 Å². The largest absolute Gasteiger partial charge is 0.493 e. The van der Waals surface area contributed by atoms with Crippen molar-refractivity contribution in [3.63, 3.8) is 0 Å². The number of para-hydroxylation sites is 1. The van der Waals surface area contributed by atoms with Crippen LogP contribution >= 0.6 is 0 Å². The van der Waals surface area contributed by atoms with E-state index in [0.29, 0.717) is 6.61 Å². The third-order valence-electron chi connectivity index (χ3n) is 2.88. The van der Waals surface area contributed by atoms with E-state index in [1.54, 1.807) is 4.63 Å². The molecule has 0 fully saturated rings. The second-order valence-electron chi connectivity index (χ2n) is 4.44. The first-order chi connectivity index (χ1) is 9.28. The summed E-state index contributed by atoms with van der Waals surface area (Å²) in [4.78, 5) is 4.33. The van der Waals surface area contributed by atoms with E-state index in [1.807, 2.05) is 37.3 Å². The molecular formula is C14H16N4O. The highest BCUT2D eigenvalue weighted by Crippen LogP contribution is 2.29. The van der Waals surface area contributed by atoms with Gasteiger partial charge in [-0.2, -0.15) is 4.63 Å². The van der Waals surface area contributed by atoms with Crippen LogP contribution < -0.4 is 4.74 Å². The quantitative estimate of drug-likeness (QED) is 0.781. The van der Waals surface area contributed by atoms with Gasteiger partial charge in [-0.1, -0.05) is 19.1 Å². The third kappa shape index (κ3) is 2.19. The van der Waals surface area contributed by atoms with E-state index in [0.717, 1.165) is 34.9 Å². The smallest absolute Gasteiger partial charge is 0.176 e. The van der Waals surface area contributed by atoms with E-state index < -0.39 is 0 Å². The Morgan fingerprint density at radius 2 is 2.16 bits per heavy atom. The molecule has 0 atom stereocenters. The predicted octanol–water partition coefficient (Wildman–Crippen LogP) is 2.82. The number of nitrogens with zero attached hydrogens (tertiary/aromatic N) is 3. The molecule has 0 unspecified atom stereocenters. The number of benzene rings is 1. The van der Waals surface area contributed by atoms with Crippen LogP contribution in [0.3, 0.4) is 0 Å². The van der Waals surface area contributed by atoms with Gasteiger partial charge in [-0.3, -0.25) is 5.10 Å². The fourth-order valence-corrected chi connectivity index (χ4v) is 2.05. The molecule has 2 heterocycles. The van der Waals surface area contributed by atoms with Crippen molar-refractivity contribution in [1.82, 2.24) is 19.8 Å². The predicted molar refractivity (Wildman–Crippen MR) is 73.3 cm³/mol. The summed E-state index contributed by atoms with van der Waals surface area (Å²) in [5.74, 6) is 1.64. The lowest BCUT2D eigenvalue weighted by Gasteiger charge is -2.08. The maximum atomic E-state index is 5.77. The van der Waals surface area contributed by atoms with Crippen LogP contribution in [0.4, 0.5) is 0 Å². The van der Waals surface area contributed by atoms with Crippen LogP contribution in [0.25, 0.3) is 16.9 Å². The molecule has 0 saturated heterocycles. The second-order valence-corrected chi connectivity index (χ2v) is 4.44. The van der Waals surface area contributed by atoms with E-state index >= 15 is 0 Å². The molecule has 3 rings (SSSR count). The monoisotopic (exact) mass is 256 g/mol. The Kier molecular flexibility index (Phi) is 2.95. The Balaban J connectivity index is 2.02. The highest BCUT2D eigenvalue weighted by Gasteiger charge is 2.10. The van der Waals surface area contributed by atoms with Gasteiger partial charge in [0, 0.05) is 11.6 Å². The second kappa shape index (κ2) is 4.76. The van der Waals surface area contributed by atoms with Gasteiger partial charge >= 0.3 is 0 Å². The zero-order valence-electron chi connectivity index (χ0n) is 11.1. The summed E-state index contributed by atoms with van der Waals surface area (Å²) >= 11 is 0. The number of aryl methyl sites for hydroxylation is 1. The topological polar surface area (TPSA) is 55.2 Å². The van der Waals surface area contributed by atoms with Gasteiger partial charge in [0.2, 0.25) is 0 Å². The summed E-state index contributed by atoms with van der Waals surface area (Å²) in [7, 11) is 0. The Morgan fingerprint density at radius 1 is 1.32 bits per heavy atom. The molecule has 1 N–H and O–H groups in total. The van der Waals surface area contributed by atoms with Crippen molar-refractivity contribution in [3.8, 4) is 17.0 Å². The number of aromatic amines is 1. The Hall–Kier alpha value is -2.30. The molecule has 0 radical (unpaired) electrons. The zero-order chi connectivity index (χ0) is 13.2. The Labute approximate surface area is 111 Å². The molecule has 0 bridgehead atoms. The summed E-state index contributed by atoms with van der Waals surface area (Å²) in [6.07, 6.45) is 0.989. The summed E-state index contributed by atoms with van der Waals surface area (Å²) in [5.41, 5.74) is 2.81. The van der Waals surface area contributed by atoms with Crippen LogP contribution in [0.1, 0.15) is 19.2 Å². The van der Waals surface area contributed by atoms with Crippen molar-refractivity contribution in [3.05, 3.63) is 36.2 Å². The molecule has 0 saturated carbocycles. The average molecular weight is 256 g/mol. The maximum Gasteiger partial charge on any atom is 0.176 e. The summed E-state index contributed by atoms with van der Waals surface area (Å²) in [6.45, 7) is 4.68. The fourth-order valence-electron chi connectivity index (χ4n) is 2.05. The van der Waals surface area contributed by atoms with E-state index in [-0.39, 0.29) is 0 Å². The SMILES string of the molecule is CCCOc1ccccc1-c1cc2nc(C)nn2[nH]1. The summed E-state index contributed by atoms with van der Waals surface area (Å²) in [5, 5.41) is 7.47. The molecule has 2 aromatic heterocycles. The van der Waals surface area contributed by atoms with Crippen LogP contribution in [0.15, 0.2) is 30.3 Å². The van der Waals surface area contributed by atoms with E-state index in [1.165, 1.54) is 0 Å². The molecular weight excluding hydrogens is 240 g/mol. The van der Waals surface area contributed by atoms with Crippen molar-refractivity contribution in [2.45, 2.75) is 20.3 Å². The van der Waals surface area contributed by atoms with Crippen LogP contribution in [0, 0.1) is 6.92 Å². The first-order valence-corrected chi connectivity index (χ1v) is 6.42. The van der Waals surface area contributed by atoms with Crippen LogP contribution in [-0.4, -0.2) is 26.4 Å². The van der Waals surface area contributed by atoms with E-state index in [2.05, 4.69) is 22.1 Å². The van der Waals surface area contributed by atoms with Crippen molar-refractivity contribution < 1.29 is 4.74 Å². The van der Waals surface area contributed by atoms with Crippen LogP contribution in [-0.2, 0) is 0 Å². The molecule has 3 aromatic rings. The van der Waals surface area contributed by atoms with Gasteiger partial charge in [0.15, 0.2) is 5.65 Å². The highest BCUT2D eigenvalue weighted by molar-refractivity contribution is 5.70. The van der Waals surface area contributed by atoms with Gasteiger partial charge < -0.3 is 4.74 Å². The van der Waals surface area contributed by atoms with Crippen LogP contribution in [0.5, 0.6) is 5.75 Å². The van der Waals surface area contributed by atoms with Crippen molar-refractivity contribution in [2.24, 2.45) is 0 Å². The maximum absolute atomic E-state index is 5.77. The summed E-state index contributed by atoms with van der Waals surface area (Å²) in [6, 6.07) is 9.96. The molecule has 0 aliphatic heterocycles. The average Bonchev–Trinajstić information content (AvgIpc) is 2.93. The molecule has 19 heavy (non-hydrogen) atoms. The van der Waals surface area contributed by atoms with Crippen molar-refractivity contribution in [1.29, 1.82) is 0 Å². The molecule has 5 heteroatoms. The first-order valence-electron chi connectivity index (χ1n) is 6.42. The lowest BCUT2D eigenvalue weighted by atomic mass is 10.1. The third-order valence-corrected chi connectivity index (χ3v) is 2.88. The number of fused-ring (bicyclic) bond motifs is 1. The zero-order valence-corrected chi connectivity index (χ0v) is 11.1. The number of H-pyrrole nitrogens is 1. The number of ether oxygens (including phenoxy) is 1. The molecule has 0 spiro atoms. The van der Waals surface area contributed by atoms with E-state index in [9.17, 15) is 0 Å². The molecule has 0 aliphatic carbocycles. The minimum absolute atomic E-state index is 0.714. The highest BCUT2D eigenvalue weighted by atomic mass is 16.5. The van der Waals surface area contributed by atoms with Gasteiger partial charge in [0.1, 0.15) is 11.6 Å². The Morgan fingerprint density at radius 3 is 2.95 bits per heavy atom. The standard InChI is InChI=1S/C14H16N4O/c1-3-8-19-13-7-5-4-6-11(13)12-9-14-15-10(2)16-18(14)17-12/h4-7,9,17H,3,8H2,1-2H3. The molecule has 0 aliphatic rings. The van der Waals surface area contributed by atoms with Gasteiger partial charge in [0.25, 0.3) is 0 Å². The fraction of sp³-hybridized carbons (Fsp3) is 0.286. The lowest BCUT2D eigenvalue weighted by Crippen LogP contribution is -1.97. The van der Waals surface area contributed by atoms with Crippen molar-refractivity contribution in [2.75, 3.05) is 6.61 Å². The van der Waals surface area contributed by atoms with Crippen LogP contribution in [0.2, 0.25) is 0 Å². The number of nitrogens with one attached hydrogen (secondary N) is 1. The van der Waals surface area contributed by atoms with E-state index in [4.69, 9.17) is 4.74 Å². The van der Waals surface area contributed by atoms with Gasteiger partial charge in [-0.25, -0.2) is 4.98 Å². The number of hydrogen-bond donors (Lipinski definition) is 1. The number of rotatable bonds is 4. The molecule has 0 amide bonds. The van der Waals surface area contributed by atoms with Gasteiger partial charge in [0.05, 0.1) is 12.3 Å². The Bertz CT molecular complexity index is 667. The minimum Gasteiger partial charge on any atom is -0.493 e.